The van der Waals surface area contributed by atoms with E-state index in [1.54, 1.807) is 6.20 Å². The SMILES string of the molecule is CCCC(C)N1CC2(CCN(C(=O)Cn3ccnc3CC)CC2)OC1=O. The van der Waals surface area contributed by atoms with Crippen LogP contribution in [0.15, 0.2) is 12.4 Å². The minimum Gasteiger partial charge on any atom is -0.441 e. The van der Waals surface area contributed by atoms with Crippen LogP contribution in [0, 0.1) is 0 Å². The number of hydrogen-bond donors (Lipinski definition) is 0. The van der Waals surface area contributed by atoms with E-state index in [2.05, 4.69) is 18.8 Å². The molecule has 2 saturated heterocycles. The van der Waals surface area contributed by atoms with Crippen LogP contribution in [0.5, 0.6) is 0 Å². The van der Waals surface area contributed by atoms with Gasteiger partial charge in [-0.15, -0.1) is 0 Å². The molecular formula is C19H30N4O3. The summed E-state index contributed by atoms with van der Waals surface area (Å²) in [5.41, 5.74) is -0.417. The van der Waals surface area contributed by atoms with Crippen LogP contribution in [-0.4, -0.2) is 62.6 Å². The number of piperidine rings is 1. The van der Waals surface area contributed by atoms with Gasteiger partial charge in [-0.1, -0.05) is 20.3 Å². The van der Waals surface area contributed by atoms with Crippen LogP contribution in [0.2, 0.25) is 0 Å². The number of amides is 2. The average molecular weight is 362 g/mol. The van der Waals surface area contributed by atoms with Gasteiger partial charge in [-0.05, 0) is 13.3 Å². The van der Waals surface area contributed by atoms with Crippen LogP contribution in [-0.2, 0) is 22.5 Å². The van der Waals surface area contributed by atoms with Crippen LogP contribution < -0.4 is 0 Å². The Bertz CT molecular complexity index is 649. The molecule has 1 aromatic rings. The Balaban J connectivity index is 1.56. The van der Waals surface area contributed by atoms with Crippen molar-refractivity contribution in [3.63, 3.8) is 0 Å². The molecule has 1 spiro atoms. The fourth-order valence-electron chi connectivity index (χ4n) is 4.03. The summed E-state index contributed by atoms with van der Waals surface area (Å²) in [6.07, 6.45) is 7.67. The van der Waals surface area contributed by atoms with E-state index in [1.807, 2.05) is 27.5 Å². The second kappa shape index (κ2) is 7.68. The second-order valence-electron chi connectivity index (χ2n) is 7.52. The molecule has 2 amide bonds. The molecule has 0 bridgehead atoms. The molecule has 0 saturated carbocycles. The predicted octanol–water partition coefficient (Wildman–Crippen LogP) is 2.45. The lowest BCUT2D eigenvalue weighted by Crippen LogP contribution is -2.49. The van der Waals surface area contributed by atoms with Gasteiger partial charge in [-0.2, -0.15) is 0 Å². The van der Waals surface area contributed by atoms with Crippen LogP contribution in [0.25, 0.3) is 0 Å². The molecule has 144 valence electrons. The highest BCUT2D eigenvalue weighted by Gasteiger charge is 2.48. The molecule has 7 heteroatoms. The van der Waals surface area contributed by atoms with E-state index < -0.39 is 5.60 Å². The Morgan fingerprint density at radius 1 is 1.35 bits per heavy atom. The molecule has 2 fully saturated rings. The number of carbonyl (C=O) groups excluding carboxylic acids is 2. The van der Waals surface area contributed by atoms with Gasteiger partial charge in [0.1, 0.15) is 18.0 Å². The number of likely N-dealkylation sites (tertiary alicyclic amines) is 1. The van der Waals surface area contributed by atoms with Gasteiger partial charge in [-0.3, -0.25) is 4.79 Å². The summed E-state index contributed by atoms with van der Waals surface area (Å²) in [7, 11) is 0. The normalized spacial score (nSPS) is 20.5. The third-order valence-corrected chi connectivity index (χ3v) is 5.69. The van der Waals surface area contributed by atoms with Crippen LogP contribution >= 0.6 is 0 Å². The molecule has 2 aliphatic rings. The number of imidazole rings is 1. The van der Waals surface area contributed by atoms with Crippen molar-refractivity contribution in [3.8, 4) is 0 Å². The molecule has 1 atom stereocenters. The molecule has 7 nitrogen and oxygen atoms in total. The number of hydrogen-bond acceptors (Lipinski definition) is 4. The maximum absolute atomic E-state index is 12.6. The van der Waals surface area contributed by atoms with Gasteiger partial charge in [0, 0.05) is 50.8 Å². The van der Waals surface area contributed by atoms with Crippen molar-refractivity contribution in [3.05, 3.63) is 18.2 Å². The second-order valence-corrected chi connectivity index (χ2v) is 7.52. The molecule has 26 heavy (non-hydrogen) atoms. The van der Waals surface area contributed by atoms with Crippen molar-refractivity contribution in [1.82, 2.24) is 19.4 Å². The molecule has 0 aliphatic carbocycles. The van der Waals surface area contributed by atoms with Gasteiger partial charge in [-0.25, -0.2) is 9.78 Å². The molecule has 3 rings (SSSR count). The van der Waals surface area contributed by atoms with E-state index in [9.17, 15) is 9.59 Å². The van der Waals surface area contributed by atoms with E-state index in [0.29, 0.717) is 39.0 Å². The number of aryl methyl sites for hydroxylation is 1. The first-order valence-corrected chi connectivity index (χ1v) is 9.75. The smallest absolute Gasteiger partial charge is 0.410 e. The zero-order chi connectivity index (χ0) is 18.7. The molecule has 2 aliphatic heterocycles. The number of nitrogens with zero attached hydrogens (tertiary/aromatic N) is 4. The van der Waals surface area contributed by atoms with Gasteiger partial charge in [0.05, 0.1) is 6.54 Å². The van der Waals surface area contributed by atoms with Crippen molar-refractivity contribution < 1.29 is 14.3 Å². The summed E-state index contributed by atoms with van der Waals surface area (Å²) >= 11 is 0. The van der Waals surface area contributed by atoms with Gasteiger partial charge >= 0.3 is 6.09 Å². The summed E-state index contributed by atoms with van der Waals surface area (Å²) in [6.45, 7) is 8.50. The number of aromatic nitrogens is 2. The largest absolute Gasteiger partial charge is 0.441 e. The van der Waals surface area contributed by atoms with E-state index in [-0.39, 0.29) is 18.0 Å². The van der Waals surface area contributed by atoms with Gasteiger partial charge in [0.2, 0.25) is 5.91 Å². The Morgan fingerprint density at radius 3 is 2.73 bits per heavy atom. The lowest BCUT2D eigenvalue weighted by Gasteiger charge is -2.37. The summed E-state index contributed by atoms with van der Waals surface area (Å²) in [6, 6.07) is 0.209. The van der Waals surface area contributed by atoms with Gasteiger partial charge in [0.25, 0.3) is 0 Å². The van der Waals surface area contributed by atoms with Crippen LogP contribution in [0.3, 0.4) is 0 Å². The van der Waals surface area contributed by atoms with E-state index in [1.165, 1.54) is 0 Å². The number of ether oxygens (including phenoxy) is 1. The monoisotopic (exact) mass is 362 g/mol. The summed E-state index contributed by atoms with van der Waals surface area (Å²) in [5.74, 6) is 1.03. The minimum atomic E-state index is -0.417. The third kappa shape index (κ3) is 3.71. The molecule has 1 aromatic heterocycles. The van der Waals surface area contributed by atoms with E-state index in [0.717, 1.165) is 25.1 Å². The minimum absolute atomic E-state index is 0.105. The Kier molecular flexibility index (Phi) is 5.53. The van der Waals surface area contributed by atoms with E-state index in [4.69, 9.17) is 4.74 Å². The lowest BCUT2D eigenvalue weighted by atomic mass is 9.91. The predicted molar refractivity (Wildman–Crippen MR) is 97.7 cm³/mol. The van der Waals surface area contributed by atoms with Gasteiger partial charge in [0.15, 0.2) is 0 Å². The summed E-state index contributed by atoms with van der Waals surface area (Å²) in [5, 5.41) is 0. The molecule has 0 radical (unpaired) electrons. The van der Waals surface area contributed by atoms with Crippen molar-refractivity contribution >= 4 is 12.0 Å². The molecule has 0 N–H and O–H groups in total. The zero-order valence-electron chi connectivity index (χ0n) is 16.1. The number of carbonyl (C=O) groups is 2. The fraction of sp³-hybridized carbons (Fsp3) is 0.737. The lowest BCUT2D eigenvalue weighted by molar-refractivity contribution is -0.135. The van der Waals surface area contributed by atoms with E-state index >= 15 is 0 Å². The van der Waals surface area contributed by atoms with Crippen molar-refractivity contribution in [2.45, 2.75) is 71.1 Å². The molecule has 0 aromatic carbocycles. The first-order chi connectivity index (χ1) is 12.5. The molecule has 3 heterocycles. The zero-order valence-corrected chi connectivity index (χ0v) is 16.1. The standard InChI is InChI=1S/C19H30N4O3/c1-4-6-15(3)23-14-19(26-18(23)25)7-10-21(11-8-19)17(24)13-22-12-9-20-16(22)5-2/h9,12,15H,4-8,10-11,13-14H2,1-3H3. The Labute approximate surface area is 155 Å². The van der Waals surface area contributed by atoms with Crippen molar-refractivity contribution in [2.75, 3.05) is 19.6 Å². The van der Waals surface area contributed by atoms with Crippen molar-refractivity contribution in [1.29, 1.82) is 0 Å². The highest BCUT2D eigenvalue weighted by atomic mass is 16.6. The highest BCUT2D eigenvalue weighted by molar-refractivity contribution is 5.76. The van der Waals surface area contributed by atoms with Crippen LogP contribution in [0.4, 0.5) is 4.79 Å². The Morgan fingerprint density at radius 2 is 2.08 bits per heavy atom. The summed E-state index contributed by atoms with van der Waals surface area (Å²) < 4.78 is 7.69. The Hall–Kier alpha value is -2.05. The maximum atomic E-state index is 12.6. The molecular weight excluding hydrogens is 332 g/mol. The number of rotatable bonds is 6. The van der Waals surface area contributed by atoms with Crippen LogP contribution in [0.1, 0.15) is 52.3 Å². The maximum Gasteiger partial charge on any atom is 0.410 e. The highest BCUT2D eigenvalue weighted by Crippen LogP contribution is 2.34. The topological polar surface area (TPSA) is 67.7 Å². The first kappa shape index (κ1) is 18.7. The molecule has 1 unspecified atom stereocenters. The average Bonchev–Trinajstić information content (AvgIpc) is 3.20. The quantitative estimate of drug-likeness (QED) is 0.779. The van der Waals surface area contributed by atoms with Crippen molar-refractivity contribution in [2.24, 2.45) is 0 Å². The first-order valence-electron chi connectivity index (χ1n) is 9.75. The van der Waals surface area contributed by atoms with Gasteiger partial charge < -0.3 is 19.1 Å². The third-order valence-electron chi connectivity index (χ3n) is 5.69. The summed E-state index contributed by atoms with van der Waals surface area (Å²) in [4.78, 5) is 32.9. The fourth-order valence-corrected chi connectivity index (χ4v) is 4.03.